The number of carbonyl (C=O) groups excluding carboxylic acids is 1. The van der Waals surface area contributed by atoms with Crippen LogP contribution in [0.3, 0.4) is 0 Å². The Morgan fingerprint density at radius 3 is 2.74 bits per heavy atom. The van der Waals surface area contributed by atoms with Gasteiger partial charge in [0.1, 0.15) is 5.75 Å². The maximum absolute atomic E-state index is 12.0. The number of hydrogen-bond donors (Lipinski definition) is 1. The molecule has 0 spiro atoms. The lowest BCUT2D eigenvalue weighted by Crippen LogP contribution is -2.19. The van der Waals surface area contributed by atoms with E-state index >= 15 is 0 Å². The first-order valence-corrected chi connectivity index (χ1v) is 9.65. The van der Waals surface area contributed by atoms with Crippen LogP contribution in [-0.2, 0) is 11.8 Å². The van der Waals surface area contributed by atoms with Crippen LogP contribution >= 0.6 is 0 Å². The van der Waals surface area contributed by atoms with Gasteiger partial charge in [-0.3, -0.25) is 10.3 Å². The Kier molecular flexibility index (Phi) is 5.22. The number of nitrogens with one attached hydrogen (secondary N) is 1. The van der Waals surface area contributed by atoms with Crippen LogP contribution in [0.5, 0.6) is 5.75 Å². The van der Waals surface area contributed by atoms with Crippen LogP contribution in [0, 0.1) is 5.92 Å². The molecular formula is C19H25N5O3. The van der Waals surface area contributed by atoms with E-state index in [2.05, 4.69) is 20.6 Å². The molecule has 8 heteroatoms. The van der Waals surface area contributed by atoms with Gasteiger partial charge in [-0.1, -0.05) is 11.6 Å². The zero-order valence-corrected chi connectivity index (χ0v) is 15.6. The van der Waals surface area contributed by atoms with E-state index in [-0.39, 0.29) is 6.10 Å². The molecule has 0 bridgehead atoms. The molecule has 144 valence electrons. The van der Waals surface area contributed by atoms with E-state index in [1.165, 1.54) is 23.9 Å². The van der Waals surface area contributed by atoms with Gasteiger partial charge in [-0.2, -0.15) is 0 Å². The van der Waals surface area contributed by atoms with Crippen LogP contribution < -0.4 is 10.1 Å². The minimum atomic E-state index is -0.495. The third-order valence-electron chi connectivity index (χ3n) is 5.03. The van der Waals surface area contributed by atoms with Gasteiger partial charge in [0.2, 0.25) is 0 Å². The number of anilines is 1. The first-order valence-electron chi connectivity index (χ1n) is 9.65. The fourth-order valence-electron chi connectivity index (χ4n) is 3.25. The van der Waals surface area contributed by atoms with Gasteiger partial charge in [-0.25, -0.2) is 9.48 Å². The third-order valence-corrected chi connectivity index (χ3v) is 5.03. The molecule has 2 aromatic rings. The van der Waals surface area contributed by atoms with E-state index in [4.69, 9.17) is 9.47 Å². The molecule has 0 atom stereocenters. The fourth-order valence-corrected chi connectivity index (χ4v) is 3.25. The second-order valence-electron chi connectivity index (χ2n) is 7.33. The van der Waals surface area contributed by atoms with Crippen LogP contribution in [0.4, 0.5) is 10.6 Å². The summed E-state index contributed by atoms with van der Waals surface area (Å²) in [6, 6.07) is 3.73. The second kappa shape index (κ2) is 7.94. The Bertz CT molecular complexity index is 779. The maximum Gasteiger partial charge on any atom is 0.412 e. The number of hydrogen-bond acceptors (Lipinski definition) is 6. The summed E-state index contributed by atoms with van der Waals surface area (Å²) in [5.41, 5.74) is 1.13. The molecule has 27 heavy (non-hydrogen) atoms. The number of ether oxygens (including phenoxy) is 2. The van der Waals surface area contributed by atoms with Crippen LogP contribution in [0.2, 0.25) is 0 Å². The SMILES string of the molecule is Cn1nnc(-c2ccc(OC3CCCCC3)cn2)c1NC(=O)OCC1CC1. The lowest BCUT2D eigenvalue weighted by atomic mass is 9.98. The van der Waals surface area contributed by atoms with E-state index in [0.29, 0.717) is 29.7 Å². The van der Waals surface area contributed by atoms with E-state index in [1.807, 2.05) is 12.1 Å². The van der Waals surface area contributed by atoms with E-state index in [0.717, 1.165) is 31.4 Å². The Hall–Kier alpha value is -2.64. The van der Waals surface area contributed by atoms with Crippen molar-refractivity contribution in [1.82, 2.24) is 20.0 Å². The van der Waals surface area contributed by atoms with Gasteiger partial charge < -0.3 is 9.47 Å². The summed E-state index contributed by atoms with van der Waals surface area (Å²) in [6.07, 6.45) is 9.69. The Morgan fingerprint density at radius 1 is 1.22 bits per heavy atom. The number of carbonyl (C=O) groups is 1. The predicted molar refractivity (Wildman–Crippen MR) is 99.4 cm³/mol. The topological polar surface area (TPSA) is 91.2 Å². The van der Waals surface area contributed by atoms with Crippen molar-refractivity contribution >= 4 is 11.9 Å². The molecule has 2 aromatic heterocycles. The molecule has 8 nitrogen and oxygen atoms in total. The molecule has 0 saturated heterocycles. The molecule has 4 rings (SSSR count). The van der Waals surface area contributed by atoms with Crippen LogP contribution in [0.25, 0.3) is 11.4 Å². The van der Waals surface area contributed by atoms with Crippen molar-refractivity contribution in [1.29, 1.82) is 0 Å². The average molecular weight is 371 g/mol. The van der Waals surface area contributed by atoms with Gasteiger partial charge in [-0.05, 0) is 56.6 Å². The van der Waals surface area contributed by atoms with Gasteiger partial charge >= 0.3 is 6.09 Å². The minimum Gasteiger partial charge on any atom is -0.489 e. The highest BCUT2D eigenvalue weighted by Crippen LogP contribution is 2.29. The molecule has 2 fully saturated rings. The fraction of sp³-hybridized carbons (Fsp3) is 0.579. The monoisotopic (exact) mass is 371 g/mol. The van der Waals surface area contributed by atoms with Gasteiger partial charge in [0.25, 0.3) is 0 Å². The summed E-state index contributed by atoms with van der Waals surface area (Å²) in [5, 5.41) is 10.9. The highest BCUT2D eigenvalue weighted by molar-refractivity contribution is 5.88. The van der Waals surface area contributed by atoms with Crippen LogP contribution in [0.15, 0.2) is 18.3 Å². The molecule has 0 radical (unpaired) electrons. The molecule has 2 saturated carbocycles. The number of aryl methyl sites for hydroxylation is 1. The van der Waals surface area contributed by atoms with Crippen molar-refractivity contribution in [2.24, 2.45) is 13.0 Å². The normalized spacial score (nSPS) is 17.5. The number of rotatable bonds is 6. The summed E-state index contributed by atoms with van der Waals surface area (Å²) in [5.74, 6) is 1.73. The van der Waals surface area contributed by atoms with E-state index < -0.39 is 6.09 Å². The van der Waals surface area contributed by atoms with Crippen molar-refractivity contribution in [3.63, 3.8) is 0 Å². The summed E-state index contributed by atoms with van der Waals surface area (Å²) < 4.78 is 12.7. The molecule has 0 aliphatic heterocycles. The average Bonchev–Trinajstić information content (AvgIpc) is 3.45. The number of nitrogens with zero attached hydrogens (tertiary/aromatic N) is 4. The van der Waals surface area contributed by atoms with Crippen molar-refractivity contribution in [2.45, 2.75) is 51.0 Å². The van der Waals surface area contributed by atoms with Crippen molar-refractivity contribution in [3.05, 3.63) is 18.3 Å². The Morgan fingerprint density at radius 2 is 2.04 bits per heavy atom. The Balaban J connectivity index is 1.42. The smallest absolute Gasteiger partial charge is 0.412 e. The molecule has 0 unspecified atom stereocenters. The molecule has 0 aromatic carbocycles. The summed E-state index contributed by atoms with van der Waals surface area (Å²) >= 11 is 0. The zero-order valence-electron chi connectivity index (χ0n) is 15.6. The van der Waals surface area contributed by atoms with Gasteiger partial charge in [0, 0.05) is 7.05 Å². The van der Waals surface area contributed by atoms with Crippen molar-refractivity contribution < 1.29 is 14.3 Å². The summed E-state index contributed by atoms with van der Waals surface area (Å²) in [4.78, 5) is 16.5. The molecule has 1 N–H and O–H groups in total. The van der Waals surface area contributed by atoms with Crippen LogP contribution in [-0.4, -0.2) is 38.8 Å². The number of pyridine rings is 1. The quantitative estimate of drug-likeness (QED) is 0.835. The second-order valence-corrected chi connectivity index (χ2v) is 7.33. The molecule has 2 aliphatic carbocycles. The standard InChI is InChI=1S/C19H25N5O3/c1-24-18(21-19(25)26-12-13-7-8-13)17(22-23-24)16-10-9-15(11-20-16)27-14-5-3-2-4-6-14/h9-11,13-14H,2-8,12H2,1H3,(H,21,25). The first kappa shape index (κ1) is 17.8. The third kappa shape index (κ3) is 4.56. The largest absolute Gasteiger partial charge is 0.489 e. The van der Waals surface area contributed by atoms with Crippen molar-refractivity contribution in [2.75, 3.05) is 11.9 Å². The molecule has 2 heterocycles. The lowest BCUT2D eigenvalue weighted by molar-refractivity contribution is 0.154. The highest BCUT2D eigenvalue weighted by Gasteiger charge is 2.24. The molecule has 2 aliphatic rings. The van der Waals surface area contributed by atoms with Gasteiger partial charge in [0.15, 0.2) is 11.5 Å². The molecule has 1 amide bonds. The number of aromatic nitrogens is 4. The molecular weight excluding hydrogens is 346 g/mol. The first-order chi connectivity index (χ1) is 13.2. The van der Waals surface area contributed by atoms with Crippen LogP contribution in [0.1, 0.15) is 44.9 Å². The van der Waals surface area contributed by atoms with E-state index in [1.54, 1.807) is 13.2 Å². The zero-order chi connectivity index (χ0) is 18.6. The highest BCUT2D eigenvalue weighted by atomic mass is 16.5. The lowest BCUT2D eigenvalue weighted by Gasteiger charge is -2.22. The van der Waals surface area contributed by atoms with Crippen molar-refractivity contribution in [3.8, 4) is 17.1 Å². The summed E-state index contributed by atoms with van der Waals surface area (Å²) in [7, 11) is 1.72. The predicted octanol–water partition coefficient (Wildman–Crippen LogP) is 3.55. The number of amides is 1. The van der Waals surface area contributed by atoms with E-state index in [9.17, 15) is 4.79 Å². The minimum absolute atomic E-state index is 0.279. The summed E-state index contributed by atoms with van der Waals surface area (Å²) in [6.45, 7) is 0.456. The van der Waals surface area contributed by atoms with Gasteiger partial charge in [0.05, 0.1) is 24.6 Å². The Labute approximate surface area is 158 Å². The maximum atomic E-state index is 12.0. The van der Waals surface area contributed by atoms with Gasteiger partial charge in [-0.15, -0.1) is 5.10 Å².